The van der Waals surface area contributed by atoms with Crippen LogP contribution in [0.15, 0.2) is 164 Å². The second-order valence-corrected chi connectivity index (χ2v) is 32.5. The molecule has 3 aliphatic heterocycles. The van der Waals surface area contributed by atoms with Gasteiger partial charge in [-0.3, -0.25) is 67.7 Å². The number of imidazole rings is 1. The van der Waals surface area contributed by atoms with Crippen LogP contribution in [0.2, 0.25) is 0 Å². The fraction of sp³-hybridized carbons (Fsp3) is 0.346. The third-order valence-corrected chi connectivity index (χ3v) is 23.3. The molecule has 11 rings (SSSR count). The topological polar surface area (TPSA) is 570 Å². The lowest BCUT2D eigenvalue weighted by atomic mass is 10.00. The summed E-state index contributed by atoms with van der Waals surface area (Å²) in [6.45, 7) is 0.933. The number of carbonyl (C=O) groups is 13. The molecular formula is C81H96N20O15S3. The Morgan fingerprint density at radius 3 is 1.89 bits per heavy atom. The third kappa shape index (κ3) is 26.4. The number of thioether (sulfide) groups is 1. The zero-order chi connectivity index (χ0) is 85.2. The highest BCUT2D eigenvalue weighted by molar-refractivity contribution is 8.76. The Balaban J connectivity index is 1.06. The largest absolute Gasteiger partial charge is 0.508 e. The molecule has 0 radical (unpaired) electrons. The smallest absolute Gasteiger partial charge is 0.244 e. The van der Waals surface area contributed by atoms with Crippen LogP contribution in [0.25, 0.3) is 21.7 Å². The average Bonchev–Trinajstić information content (AvgIpc) is 1.70. The number of fused-ring (bicyclic) bond motifs is 33. The van der Waals surface area contributed by atoms with Gasteiger partial charge < -0.3 is 107 Å². The number of guanidine groups is 1. The minimum atomic E-state index is -1.85. The van der Waals surface area contributed by atoms with Crippen LogP contribution in [0.4, 0.5) is 0 Å². The van der Waals surface area contributed by atoms with Crippen molar-refractivity contribution in [2.24, 2.45) is 22.9 Å². The van der Waals surface area contributed by atoms with E-state index in [0.29, 0.717) is 38.7 Å². The maximum absolute atomic E-state index is 15.5. The number of nitrogens with two attached hydrogens (primary N) is 4. The maximum atomic E-state index is 15.5. The van der Waals surface area contributed by atoms with E-state index >= 15 is 33.6 Å². The molecule has 12 atom stereocenters. The molecule has 3 aliphatic rings. The van der Waals surface area contributed by atoms with Gasteiger partial charge in [-0.1, -0.05) is 137 Å². The number of phenolic OH excluding ortho intramolecular Hbond substituents is 2. The molecular weight excluding hydrogens is 1590 g/mol. The molecule has 2 bridgehead atoms. The first kappa shape index (κ1) is 88.7. The van der Waals surface area contributed by atoms with Crippen molar-refractivity contribution < 1.29 is 72.5 Å². The number of rotatable bonds is 23. The molecule has 3 saturated heterocycles. The van der Waals surface area contributed by atoms with E-state index in [-0.39, 0.29) is 92.6 Å². The van der Waals surface area contributed by atoms with Crippen molar-refractivity contribution >= 4 is 138 Å². The number of H-pyrrole nitrogens is 2. The fourth-order valence-corrected chi connectivity index (χ4v) is 16.7. The Bertz CT molecular complexity index is 4950. The van der Waals surface area contributed by atoms with Crippen LogP contribution in [0.3, 0.4) is 0 Å². The second-order valence-electron chi connectivity index (χ2n) is 28.9. The van der Waals surface area contributed by atoms with Gasteiger partial charge in [0.2, 0.25) is 76.8 Å². The molecule has 6 aromatic carbocycles. The van der Waals surface area contributed by atoms with Crippen LogP contribution in [-0.2, 0) is 101 Å². The summed E-state index contributed by atoms with van der Waals surface area (Å²) in [6.07, 6.45) is 2.47. The van der Waals surface area contributed by atoms with E-state index < -0.39 is 174 Å². The monoisotopic (exact) mass is 1680 g/mol. The van der Waals surface area contributed by atoms with Crippen LogP contribution in [-0.4, -0.2) is 221 Å². The van der Waals surface area contributed by atoms with Crippen LogP contribution in [0.1, 0.15) is 59.7 Å². The van der Waals surface area contributed by atoms with E-state index in [0.717, 1.165) is 44.1 Å². The van der Waals surface area contributed by atoms with Gasteiger partial charge in [0, 0.05) is 91.8 Å². The number of carbonyl (C=O) groups excluding carboxylic acids is 13. The summed E-state index contributed by atoms with van der Waals surface area (Å²) in [5.74, 6) is -14.3. The predicted octanol–water partition coefficient (Wildman–Crippen LogP) is -0.630. The minimum Gasteiger partial charge on any atom is -0.508 e. The first-order valence-electron chi connectivity index (χ1n) is 38.3. The normalized spacial score (nSPS) is 21.9. The second kappa shape index (κ2) is 43.0. The molecule has 119 heavy (non-hydrogen) atoms. The van der Waals surface area contributed by atoms with Crippen molar-refractivity contribution in [2.75, 3.05) is 36.1 Å². The summed E-state index contributed by atoms with van der Waals surface area (Å²) < 4.78 is 0. The average molecular weight is 1690 g/mol. The number of benzene rings is 6. The number of hydrogen-bond donors (Lipinski definition) is 20. The van der Waals surface area contributed by atoms with Crippen molar-refractivity contribution in [1.29, 1.82) is 5.41 Å². The highest BCUT2D eigenvalue weighted by Gasteiger charge is 2.40. The summed E-state index contributed by atoms with van der Waals surface area (Å²) in [7, 11) is 1.79. The summed E-state index contributed by atoms with van der Waals surface area (Å²) in [5, 5.41) is 60.2. The van der Waals surface area contributed by atoms with Gasteiger partial charge in [-0.2, -0.15) is 0 Å². The number of aromatic amines is 2. The molecule has 2 aromatic heterocycles. The van der Waals surface area contributed by atoms with Crippen molar-refractivity contribution in [3.63, 3.8) is 0 Å². The molecule has 13 amide bonds. The summed E-state index contributed by atoms with van der Waals surface area (Å²) >= 11 is 0.920. The molecule has 8 aromatic rings. The molecule has 5 heterocycles. The van der Waals surface area contributed by atoms with Gasteiger partial charge in [0.1, 0.15) is 71.9 Å². The van der Waals surface area contributed by atoms with Gasteiger partial charge >= 0.3 is 0 Å². The molecule has 0 unspecified atom stereocenters. The van der Waals surface area contributed by atoms with Crippen LogP contribution >= 0.6 is 33.3 Å². The van der Waals surface area contributed by atoms with E-state index in [1.54, 1.807) is 79.0 Å². The quantitative estimate of drug-likeness (QED) is 0.0125. The van der Waals surface area contributed by atoms with Crippen molar-refractivity contribution in [3.05, 3.63) is 198 Å². The Morgan fingerprint density at radius 2 is 1.20 bits per heavy atom. The highest BCUT2D eigenvalue weighted by atomic mass is 33.1. The molecule has 0 aliphatic carbocycles. The Hall–Kier alpha value is -12.7. The van der Waals surface area contributed by atoms with E-state index in [4.69, 9.17) is 28.3 Å². The van der Waals surface area contributed by atoms with E-state index in [2.05, 4.69) is 73.4 Å². The minimum absolute atomic E-state index is 0.0420. The van der Waals surface area contributed by atoms with Gasteiger partial charge in [0.15, 0.2) is 5.96 Å². The zero-order valence-corrected chi connectivity index (χ0v) is 67.2. The van der Waals surface area contributed by atoms with Crippen molar-refractivity contribution in [1.82, 2.24) is 78.3 Å². The number of amides is 13. The van der Waals surface area contributed by atoms with Gasteiger partial charge in [0.05, 0.1) is 30.2 Å². The van der Waals surface area contributed by atoms with E-state index in [1.165, 1.54) is 60.7 Å². The lowest BCUT2D eigenvalue weighted by Crippen LogP contribution is -2.62. The molecule has 628 valence electrons. The van der Waals surface area contributed by atoms with E-state index in [9.17, 15) is 39.0 Å². The Morgan fingerprint density at radius 1 is 0.597 bits per heavy atom. The van der Waals surface area contributed by atoms with Gasteiger partial charge in [-0.25, -0.2) is 4.98 Å². The third-order valence-electron chi connectivity index (χ3n) is 19.8. The van der Waals surface area contributed by atoms with Gasteiger partial charge in [-0.05, 0) is 95.1 Å². The molecule has 35 nitrogen and oxygen atoms in total. The SMILES string of the molecule is C[C@@H]1NC(=O)[C@H](CC(N)=O)NC(=O)[C@H](Cc2c[nH]c3ccccc23)N2C[C@H](CCCNC(=N)N)NC(=O)[C@@H](CSCC2=O)NC(=O)[C@@H](Cc2ccc3ccccc3c2)NC(=O)[C@H](Cc2c[nH]cn2)NC(=O)[C@@H](NC(=O)[C@@H](N)Cc2ccc(O)cc2)CSSC[C@@H](C(=O)N[C@@H](Cc2ccc(O)cc2)C(N)=O)NC(=O)[C@H](Cc2ccccc2)NC1=O. The highest BCUT2D eigenvalue weighted by Crippen LogP contribution is 2.27. The number of para-hydroxylation sites is 1. The molecule has 3 fully saturated rings. The maximum Gasteiger partial charge on any atom is 0.244 e. The summed E-state index contributed by atoms with van der Waals surface area (Å²) in [5.41, 5.74) is 27.4. The lowest BCUT2D eigenvalue weighted by Gasteiger charge is -2.36. The number of nitrogens with zero attached hydrogens (tertiary/aromatic N) is 2. The standard InChI is InChI=1S/C81H96N20O15S3/c1-44-71(107)94-60(31-45-10-3-2-4-11-45)74(110)100-66(78(114)93-59(70(84)106)30-47-20-25-55(103)26-21-47)41-119-118-40-65(98-72(108)57(82)29-46-18-23-54(102)24-19-46)79(115)96-62(34-53-37-87-43-90-53)76(112)95-61(32-48-17-22-49-12-5-6-13-50(49)28-48)75(111)99-64-39-117-42-69(105)101(38-52(92-77(64)113)14-9-27-88-81(85)86)67(33-51-36-89-58-16-8-7-15-56(51)58)80(116)97-63(35-68(83)104)73(109)91-44/h2-8,10-13,15-26,28,36-37,43-44,52,57,59-67,89,102-103H,9,14,27,29-35,38-42,82H2,1H3,(H2,83,104)(H2,84,106)(H,87,90)(H,91,109)(H,92,113)(H,93,114)(H,94,107)(H,95,112)(H,96,115)(H,97,116)(H,98,108)(H,99,111)(H,100,110)(H4,85,86,88)/t44-,52-,57-,59-,60-,61+,62-,63-,64+,65-,66-,67-/m0/s1. The Kier molecular flexibility index (Phi) is 32.0. The zero-order valence-electron chi connectivity index (χ0n) is 64.8. The summed E-state index contributed by atoms with van der Waals surface area (Å²) in [6, 6.07) is 21.5. The van der Waals surface area contributed by atoms with E-state index in [1.807, 2.05) is 36.4 Å². The van der Waals surface area contributed by atoms with Crippen molar-refractivity contribution in [2.45, 2.75) is 137 Å². The Labute approximate surface area is 695 Å². The number of primary amides is 2. The number of hydrogen-bond acceptors (Lipinski definition) is 21. The number of aromatic hydroxyl groups is 2. The molecule has 38 heteroatoms. The van der Waals surface area contributed by atoms with Gasteiger partial charge in [-0.15, -0.1) is 11.8 Å². The number of phenols is 2. The van der Waals surface area contributed by atoms with Crippen molar-refractivity contribution in [3.8, 4) is 11.5 Å². The van der Waals surface area contributed by atoms with Crippen LogP contribution < -0.4 is 81.4 Å². The molecule has 0 spiro atoms. The van der Waals surface area contributed by atoms with Crippen LogP contribution in [0.5, 0.6) is 11.5 Å². The fourth-order valence-electron chi connectivity index (χ4n) is 13.5. The van der Waals surface area contributed by atoms with Gasteiger partial charge in [0.25, 0.3) is 0 Å². The molecule has 0 saturated carbocycles. The lowest BCUT2D eigenvalue weighted by molar-refractivity contribution is -0.141. The summed E-state index contributed by atoms with van der Waals surface area (Å²) in [4.78, 5) is 204. The number of aromatic nitrogens is 3. The molecule has 24 N–H and O–H groups in total. The number of nitrogens with one attached hydrogen (secondary N) is 14. The predicted molar refractivity (Wildman–Crippen MR) is 449 cm³/mol. The first-order valence-corrected chi connectivity index (χ1v) is 41.9. The first-order chi connectivity index (χ1) is 57.1. The van der Waals surface area contributed by atoms with Crippen LogP contribution in [0, 0.1) is 5.41 Å².